The minimum absolute atomic E-state index is 0.105. The molecule has 1 aromatic carbocycles. The average molecular weight is 257 g/mol. The van der Waals surface area contributed by atoms with E-state index in [1.807, 2.05) is 42.8 Å². The minimum atomic E-state index is -0.105. The molecule has 4 nitrogen and oxygen atoms in total. The Morgan fingerprint density at radius 3 is 2.68 bits per heavy atom. The Hall–Kier alpha value is -2.10. The van der Waals surface area contributed by atoms with Crippen LogP contribution in [0.5, 0.6) is 0 Å². The van der Waals surface area contributed by atoms with E-state index in [1.54, 1.807) is 0 Å². The molecule has 0 radical (unpaired) electrons. The minimum Gasteiger partial charge on any atom is -0.350 e. The van der Waals surface area contributed by atoms with Crippen LogP contribution in [0.4, 0.5) is 0 Å². The molecule has 0 saturated heterocycles. The first-order valence-electron chi connectivity index (χ1n) is 6.57. The summed E-state index contributed by atoms with van der Waals surface area (Å²) in [5.41, 5.74) is 2.72. The van der Waals surface area contributed by atoms with E-state index in [1.165, 1.54) is 5.56 Å². The lowest BCUT2D eigenvalue weighted by molar-refractivity contribution is 0.0948. The van der Waals surface area contributed by atoms with Gasteiger partial charge in [0.25, 0.3) is 5.91 Å². The molecule has 1 N–H and O–H groups in total. The zero-order valence-corrected chi connectivity index (χ0v) is 11.4. The molecule has 2 aromatic rings. The molecule has 0 aliphatic rings. The molecule has 0 spiro atoms. The molecule has 4 heteroatoms. The van der Waals surface area contributed by atoms with Gasteiger partial charge in [-0.15, -0.1) is 0 Å². The van der Waals surface area contributed by atoms with Crippen molar-refractivity contribution in [1.29, 1.82) is 0 Å². The number of hydrogen-bond acceptors (Lipinski definition) is 2. The van der Waals surface area contributed by atoms with Crippen LogP contribution in [-0.2, 0) is 13.0 Å². The normalized spacial score (nSPS) is 10.4. The summed E-state index contributed by atoms with van der Waals surface area (Å²) >= 11 is 0. The fraction of sp³-hybridized carbons (Fsp3) is 0.333. The third kappa shape index (κ3) is 3.44. The van der Waals surface area contributed by atoms with Crippen LogP contribution in [0.2, 0.25) is 0 Å². The maximum Gasteiger partial charge on any atom is 0.271 e. The van der Waals surface area contributed by atoms with E-state index in [0.717, 1.165) is 18.7 Å². The van der Waals surface area contributed by atoms with E-state index in [2.05, 4.69) is 22.5 Å². The Morgan fingerprint density at radius 2 is 2.05 bits per heavy atom. The first-order valence-corrected chi connectivity index (χ1v) is 6.57. The van der Waals surface area contributed by atoms with Crippen molar-refractivity contribution < 1.29 is 4.79 Å². The first kappa shape index (κ1) is 13.3. The highest BCUT2D eigenvalue weighted by Crippen LogP contribution is 2.03. The van der Waals surface area contributed by atoms with Crippen molar-refractivity contribution in [3.05, 3.63) is 53.3 Å². The van der Waals surface area contributed by atoms with Gasteiger partial charge in [0.15, 0.2) is 0 Å². The molecule has 0 saturated carbocycles. The van der Waals surface area contributed by atoms with Crippen LogP contribution in [0.1, 0.15) is 28.7 Å². The summed E-state index contributed by atoms with van der Waals surface area (Å²) < 4.78 is 1.83. The Balaban J connectivity index is 1.87. The number of aryl methyl sites for hydroxylation is 2. The monoisotopic (exact) mass is 257 g/mol. The number of aromatic nitrogens is 2. The van der Waals surface area contributed by atoms with Crippen LogP contribution in [0.3, 0.4) is 0 Å². The second kappa shape index (κ2) is 6.18. The number of nitrogens with zero attached hydrogens (tertiary/aromatic N) is 2. The highest BCUT2D eigenvalue weighted by atomic mass is 16.1. The highest BCUT2D eigenvalue weighted by Gasteiger charge is 2.10. The second-order valence-electron chi connectivity index (χ2n) is 4.48. The maximum absolute atomic E-state index is 11.9. The van der Waals surface area contributed by atoms with Crippen molar-refractivity contribution in [2.24, 2.45) is 0 Å². The fourth-order valence-electron chi connectivity index (χ4n) is 2.00. The van der Waals surface area contributed by atoms with Crippen molar-refractivity contribution in [2.75, 3.05) is 6.54 Å². The molecule has 2 rings (SSSR count). The Bertz CT molecular complexity index is 546. The molecule has 0 atom stereocenters. The van der Waals surface area contributed by atoms with Gasteiger partial charge in [-0.05, 0) is 31.9 Å². The number of carbonyl (C=O) groups excluding carboxylic acids is 1. The van der Waals surface area contributed by atoms with Gasteiger partial charge in [0.1, 0.15) is 5.69 Å². The second-order valence-corrected chi connectivity index (χ2v) is 4.48. The third-order valence-electron chi connectivity index (χ3n) is 3.06. The van der Waals surface area contributed by atoms with E-state index in [9.17, 15) is 4.79 Å². The molecule has 0 fully saturated rings. The van der Waals surface area contributed by atoms with Gasteiger partial charge in [0.2, 0.25) is 0 Å². The van der Waals surface area contributed by atoms with Crippen LogP contribution in [0, 0.1) is 6.92 Å². The summed E-state index contributed by atoms with van der Waals surface area (Å²) in [6, 6.07) is 11.9. The van der Waals surface area contributed by atoms with Gasteiger partial charge in [-0.25, -0.2) is 0 Å². The summed E-state index contributed by atoms with van der Waals surface area (Å²) in [7, 11) is 0. The Labute approximate surface area is 113 Å². The van der Waals surface area contributed by atoms with Crippen LogP contribution in [0.25, 0.3) is 0 Å². The van der Waals surface area contributed by atoms with Gasteiger partial charge in [-0.1, -0.05) is 30.3 Å². The van der Waals surface area contributed by atoms with Gasteiger partial charge in [-0.3, -0.25) is 9.48 Å². The summed E-state index contributed by atoms with van der Waals surface area (Å²) in [5.74, 6) is -0.105. The van der Waals surface area contributed by atoms with E-state index in [4.69, 9.17) is 0 Å². The van der Waals surface area contributed by atoms with Crippen LogP contribution >= 0.6 is 0 Å². The molecule has 1 aromatic heterocycles. The molecular formula is C15H19N3O. The Morgan fingerprint density at radius 1 is 1.32 bits per heavy atom. The van der Waals surface area contributed by atoms with Gasteiger partial charge >= 0.3 is 0 Å². The molecule has 0 bridgehead atoms. The molecule has 1 heterocycles. The standard InChI is InChI=1S/C15H19N3O/c1-3-18-12(2)11-14(17-18)15(19)16-10-9-13-7-5-4-6-8-13/h4-8,11H,3,9-10H2,1-2H3,(H,16,19). The lowest BCUT2D eigenvalue weighted by Crippen LogP contribution is -2.26. The number of rotatable bonds is 5. The SMILES string of the molecule is CCn1nc(C(=O)NCCc2ccccc2)cc1C. The number of nitrogens with one attached hydrogen (secondary N) is 1. The van der Waals surface area contributed by atoms with E-state index in [0.29, 0.717) is 12.2 Å². The maximum atomic E-state index is 11.9. The van der Waals surface area contributed by atoms with Crippen LogP contribution < -0.4 is 5.32 Å². The summed E-state index contributed by atoms with van der Waals surface area (Å²) in [5, 5.41) is 7.16. The van der Waals surface area contributed by atoms with Crippen LogP contribution in [0.15, 0.2) is 36.4 Å². The summed E-state index contributed by atoms with van der Waals surface area (Å²) in [6.45, 7) is 5.37. The molecule has 1 amide bonds. The lowest BCUT2D eigenvalue weighted by Gasteiger charge is -2.03. The fourth-order valence-corrected chi connectivity index (χ4v) is 2.00. The van der Waals surface area contributed by atoms with Gasteiger partial charge < -0.3 is 5.32 Å². The number of benzene rings is 1. The van der Waals surface area contributed by atoms with Crippen molar-refractivity contribution in [2.45, 2.75) is 26.8 Å². The number of hydrogen-bond donors (Lipinski definition) is 1. The predicted octanol–water partition coefficient (Wildman–Crippen LogP) is 2.18. The van der Waals surface area contributed by atoms with Crippen molar-refractivity contribution >= 4 is 5.91 Å². The zero-order chi connectivity index (χ0) is 13.7. The van der Waals surface area contributed by atoms with Crippen molar-refractivity contribution in [1.82, 2.24) is 15.1 Å². The Kier molecular flexibility index (Phi) is 4.34. The first-order chi connectivity index (χ1) is 9.20. The van der Waals surface area contributed by atoms with Crippen molar-refractivity contribution in [3.63, 3.8) is 0 Å². The number of amides is 1. The van der Waals surface area contributed by atoms with E-state index in [-0.39, 0.29) is 5.91 Å². The van der Waals surface area contributed by atoms with E-state index < -0.39 is 0 Å². The van der Waals surface area contributed by atoms with Gasteiger partial charge in [0.05, 0.1) is 0 Å². The lowest BCUT2D eigenvalue weighted by atomic mass is 10.1. The molecule has 100 valence electrons. The highest BCUT2D eigenvalue weighted by molar-refractivity contribution is 5.92. The number of carbonyl (C=O) groups is 1. The molecule has 19 heavy (non-hydrogen) atoms. The van der Waals surface area contributed by atoms with E-state index >= 15 is 0 Å². The van der Waals surface area contributed by atoms with Crippen LogP contribution in [-0.4, -0.2) is 22.2 Å². The third-order valence-corrected chi connectivity index (χ3v) is 3.06. The van der Waals surface area contributed by atoms with Gasteiger partial charge in [0, 0.05) is 18.8 Å². The molecule has 0 aliphatic heterocycles. The molecule has 0 unspecified atom stereocenters. The summed E-state index contributed by atoms with van der Waals surface area (Å²) in [6.07, 6.45) is 0.833. The predicted molar refractivity (Wildman–Crippen MR) is 75.1 cm³/mol. The largest absolute Gasteiger partial charge is 0.350 e. The quantitative estimate of drug-likeness (QED) is 0.892. The molecule has 0 aliphatic carbocycles. The van der Waals surface area contributed by atoms with Gasteiger partial charge in [-0.2, -0.15) is 5.10 Å². The molecular weight excluding hydrogens is 238 g/mol. The zero-order valence-electron chi connectivity index (χ0n) is 11.4. The van der Waals surface area contributed by atoms with Crippen molar-refractivity contribution in [3.8, 4) is 0 Å². The average Bonchev–Trinajstić information content (AvgIpc) is 2.81. The smallest absolute Gasteiger partial charge is 0.271 e. The topological polar surface area (TPSA) is 46.9 Å². The summed E-state index contributed by atoms with van der Waals surface area (Å²) in [4.78, 5) is 11.9.